The standard InChI is InChI=1S/C2H2ClF3O/c3-2(5,6)1(4)7/h1,7H. The van der Waals surface area contributed by atoms with Gasteiger partial charge < -0.3 is 5.11 Å². The van der Waals surface area contributed by atoms with Gasteiger partial charge in [-0.1, -0.05) is 0 Å². The number of hydrogen-bond acceptors (Lipinski definition) is 1. The topological polar surface area (TPSA) is 20.2 Å². The van der Waals surface area contributed by atoms with E-state index in [1.807, 2.05) is 0 Å². The van der Waals surface area contributed by atoms with Crippen LogP contribution in [0.5, 0.6) is 0 Å². The Morgan fingerprint density at radius 2 is 1.71 bits per heavy atom. The average molecular weight is 134 g/mol. The van der Waals surface area contributed by atoms with Crippen molar-refractivity contribution in [3.63, 3.8) is 0 Å². The lowest BCUT2D eigenvalue weighted by Crippen LogP contribution is -2.21. The monoisotopic (exact) mass is 134 g/mol. The average Bonchev–Trinajstić information content (AvgIpc) is 1.31. The molecule has 0 fully saturated rings. The number of halogens is 4. The molecular formula is C2H2ClF3O. The fraction of sp³-hybridized carbons (Fsp3) is 1.00. The highest BCUT2D eigenvalue weighted by molar-refractivity contribution is 6.21. The van der Waals surface area contributed by atoms with Crippen molar-refractivity contribution in [2.75, 3.05) is 0 Å². The van der Waals surface area contributed by atoms with Gasteiger partial charge >= 0.3 is 5.38 Å². The highest BCUT2D eigenvalue weighted by Crippen LogP contribution is 2.23. The first-order valence-corrected chi connectivity index (χ1v) is 1.71. The highest BCUT2D eigenvalue weighted by atomic mass is 35.5. The minimum atomic E-state index is -4.14. The van der Waals surface area contributed by atoms with E-state index >= 15 is 0 Å². The van der Waals surface area contributed by atoms with Gasteiger partial charge in [0, 0.05) is 0 Å². The van der Waals surface area contributed by atoms with Gasteiger partial charge in [0.05, 0.1) is 0 Å². The van der Waals surface area contributed by atoms with Crippen LogP contribution in [0.2, 0.25) is 0 Å². The third kappa shape index (κ3) is 2.70. The molecule has 0 heterocycles. The molecule has 0 spiro atoms. The predicted molar refractivity (Wildman–Crippen MR) is 17.9 cm³/mol. The molecule has 0 radical (unpaired) electrons. The van der Waals surface area contributed by atoms with Crippen LogP contribution >= 0.6 is 11.6 Å². The molecule has 5 heteroatoms. The maximum Gasteiger partial charge on any atom is 0.376 e. The molecule has 0 aliphatic rings. The summed E-state index contributed by atoms with van der Waals surface area (Å²) in [6.45, 7) is 0. The highest BCUT2D eigenvalue weighted by Gasteiger charge is 2.35. The van der Waals surface area contributed by atoms with Crippen LogP contribution in [-0.2, 0) is 0 Å². The molecular weight excluding hydrogens is 132 g/mol. The van der Waals surface area contributed by atoms with Gasteiger partial charge in [-0.3, -0.25) is 0 Å². The van der Waals surface area contributed by atoms with E-state index in [1.165, 1.54) is 0 Å². The van der Waals surface area contributed by atoms with E-state index in [2.05, 4.69) is 11.6 Å². The van der Waals surface area contributed by atoms with E-state index in [9.17, 15) is 13.2 Å². The van der Waals surface area contributed by atoms with Crippen molar-refractivity contribution in [3.05, 3.63) is 0 Å². The first-order chi connectivity index (χ1) is 2.94. The van der Waals surface area contributed by atoms with Gasteiger partial charge in [-0.15, -0.1) is 0 Å². The van der Waals surface area contributed by atoms with Crippen molar-refractivity contribution in [1.29, 1.82) is 0 Å². The molecule has 1 atom stereocenters. The lowest BCUT2D eigenvalue weighted by Gasteiger charge is -2.04. The summed E-state index contributed by atoms with van der Waals surface area (Å²) in [5.74, 6) is 0. The van der Waals surface area contributed by atoms with E-state index in [-0.39, 0.29) is 0 Å². The Labute approximate surface area is 42.7 Å². The number of alkyl halides is 4. The normalized spacial score (nSPS) is 16.7. The van der Waals surface area contributed by atoms with Crippen LogP contribution in [0, 0.1) is 0 Å². The van der Waals surface area contributed by atoms with Gasteiger partial charge in [-0.2, -0.15) is 8.78 Å². The summed E-state index contributed by atoms with van der Waals surface area (Å²) >= 11 is 3.91. The molecule has 0 rings (SSSR count). The van der Waals surface area contributed by atoms with Gasteiger partial charge in [0.1, 0.15) is 0 Å². The minimum absolute atomic E-state index is 3.27. The van der Waals surface area contributed by atoms with Crippen LogP contribution in [0.15, 0.2) is 0 Å². The fourth-order valence-corrected chi connectivity index (χ4v) is 0. The molecule has 1 unspecified atom stereocenters. The Balaban J connectivity index is 3.54. The van der Waals surface area contributed by atoms with E-state index in [1.54, 1.807) is 0 Å². The van der Waals surface area contributed by atoms with E-state index < -0.39 is 11.7 Å². The summed E-state index contributed by atoms with van der Waals surface area (Å²) in [6, 6.07) is 0. The second kappa shape index (κ2) is 1.88. The maximum absolute atomic E-state index is 11.0. The van der Waals surface area contributed by atoms with Crippen LogP contribution < -0.4 is 0 Å². The molecule has 7 heavy (non-hydrogen) atoms. The summed E-state index contributed by atoms with van der Waals surface area (Å²) in [7, 11) is 0. The molecule has 0 saturated heterocycles. The van der Waals surface area contributed by atoms with Gasteiger partial charge in [0.15, 0.2) is 0 Å². The molecule has 0 aromatic heterocycles. The van der Waals surface area contributed by atoms with Crippen LogP contribution in [0.25, 0.3) is 0 Å². The van der Waals surface area contributed by atoms with Gasteiger partial charge in [-0.05, 0) is 11.6 Å². The Bertz CT molecular complexity index is 58.4. The fourth-order valence-electron chi connectivity index (χ4n) is 0. The van der Waals surface area contributed by atoms with E-state index in [0.29, 0.717) is 0 Å². The minimum Gasteiger partial charge on any atom is -0.358 e. The van der Waals surface area contributed by atoms with E-state index in [0.717, 1.165) is 0 Å². The van der Waals surface area contributed by atoms with Crippen molar-refractivity contribution < 1.29 is 18.3 Å². The molecule has 0 aliphatic carbocycles. The second-order valence-electron chi connectivity index (χ2n) is 0.877. The zero-order chi connectivity index (χ0) is 6.08. The van der Waals surface area contributed by atoms with Crippen LogP contribution in [0.1, 0.15) is 0 Å². The Hall–Kier alpha value is 0.0400. The van der Waals surface area contributed by atoms with Crippen molar-refractivity contribution >= 4 is 11.6 Å². The maximum atomic E-state index is 11.0. The van der Waals surface area contributed by atoms with Crippen LogP contribution in [0.4, 0.5) is 13.2 Å². The van der Waals surface area contributed by atoms with E-state index in [4.69, 9.17) is 5.11 Å². The number of aliphatic hydroxyl groups excluding tert-OH is 1. The lowest BCUT2D eigenvalue weighted by atomic mass is 10.7. The Morgan fingerprint density at radius 3 is 1.71 bits per heavy atom. The van der Waals surface area contributed by atoms with Gasteiger partial charge in [-0.25, -0.2) is 4.39 Å². The van der Waals surface area contributed by atoms with Crippen molar-refractivity contribution in [3.8, 4) is 0 Å². The SMILES string of the molecule is OC(F)C(F)(F)Cl. The van der Waals surface area contributed by atoms with Crippen molar-refractivity contribution in [2.45, 2.75) is 11.7 Å². The first-order valence-electron chi connectivity index (χ1n) is 1.33. The molecule has 1 N–H and O–H groups in total. The predicted octanol–water partition coefficient (Wildman–Crippen LogP) is 1.11. The smallest absolute Gasteiger partial charge is 0.358 e. The molecule has 0 aliphatic heterocycles. The van der Waals surface area contributed by atoms with Crippen LogP contribution in [0.3, 0.4) is 0 Å². The largest absolute Gasteiger partial charge is 0.376 e. The molecule has 1 nitrogen and oxygen atoms in total. The first kappa shape index (κ1) is 7.04. The molecule has 0 aromatic rings. The number of rotatable bonds is 1. The van der Waals surface area contributed by atoms with Crippen LogP contribution in [-0.4, -0.2) is 16.8 Å². The summed E-state index contributed by atoms with van der Waals surface area (Å²) < 4.78 is 32.9. The van der Waals surface area contributed by atoms with Gasteiger partial charge in [0.25, 0.3) is 6.36 Å². The van der Waals surface area contributed by atoms with Gasteiger partial charge in [0.2, 0.25) is 0 Å². The molecule has 0 aromatic carbocycles. The molecule has 0 bridgehead atoms. The van der Waals surface area contributed by atoms with Crippen molar-refractivity contribution in [2.24, 2.45) is 0 Å². The molecule has 0 amide bonds. The number of aliphatic hydroxyl groups is 1. The summed E-state index contributed by atoms with van der Waals surface area (Å²) in [5.41, 5.74) is 0. The third-order valence-electron chi connectivity index (χ3n) is 0.270. The Morgan fingerprint density at radius 1 is 1.57 bits per heavy atom. The summed E-state index contributed by atoms with van der Waals surface area (Å²) in [6.07, 6.45) is -3.27. The quantitative estimate of drug-likeness (QED) is 0.533. The Kier molecular flexibility index (Phi) is 1.89. The van der Waals surface area contributed by atoms with Crippen molar-refractivity contribution in [1.82, 2.24) is 0 Å². The summed E-state index contributed by atoms with van der Waals surface area (Å²) in [4.78, 5) is 0. The zero-order valence-corrected chi connectivity index (χ0v) is 3.79. The number of hydrogen-bond donors (Lipinski definition) is 1. The third-order valence-corrected chi connectivity index (χ3v) is 0.450. The second-order valence-corrected chi connectivity index (χ2v) is 1.38. The summed E-state index contributed by atoms with van der Waals surface area (Å²) in [5, 5.41) is 3.20. The molecule has 0 saturated carbocycles. The molecule has 44 valence electrons. The lowest BCUT2D eigenvalue weighted by molar-refractivity contribution is -0.113. The zero-order valence-electron chi connectivity index (χ0n) is 3.04.